The lowest BCUT2D eigenvalue weighted by Gasteiger charge is -2.09. The van der Waals surface area contributed by atoms with Gasteiger partial charge in [-0.1, -0.05) is 61.2 Å². The molecule has 4 heterocycles. The van der Waals surface area contributed by atoms with Crippen LogP contribution in [0.4, 0.5) is 0 Å². The summed E-state index contributed by atoms with van der Waals surface area (Å²) in [6.07, 6.45) is 5.73. The van der Waals surface area contributed by atoms with Gasteiger partial charge < -0.3 is 4.57 Å². The fourth-order valence-electron chi connectivity index (χ4n) is 6.94. The van der Waals surface area contributed by atoms with Gasteiger partial charge in [0.25, 0.3) is 0 Å². The second-order valence-corrected chi connectivity index (χ2v) is 15.8. The van der Waals surface area contributed by atoms with E-state index in [0.717, 1.165) is 65.2 Å². The van der Waals surface area contributed by atoms with Crippen LogP contribution in [0.3, 0.4) is 0 Å². The lowest BCUT2D eigenvalue weighted by Crippen LogP contribution is -1.94. The average Bonchev–Trinajstić information content (AvgIpc) is 3.96. The summed E-state index contributed by atoms with van der Waals surface area (Å²) in [5.41, 5.74) is 9.80. The van der Waals surface area contributed by atoms with Gasteiger partial charge in [0.1, 0.15) is 15.0 Å². The molecule has 242 valence electrons. The zero-order chi connectivity index (χ0) is 34.1. The lowest BCUT2D eigenvalue weighted by atomic mass is 10.1. The number of rotatable bonds is 6. The molecule has 0 radical (unpaired) electrons. The van der Waals surface area contributed by atoms with Gasteiger partial charge in [0.05, 0.1) is 37.2 Å². The van der Waals surface area contributed by atoms with Gasteiger partial charge in [-0.2, -0.15) is 0 Å². The first-order valence-electron chi connectivity index (χ1n) is 16.7. The number of hydrogen-bond donors (Lipinski definition) is 0. The Morgan fingerprint density at radius 1 is 0.588 bits per heavy atom. The maximum Gasteiger partial charge on any atom is 0.124 e. The van der Waals surface area contributed by atoms with E-state index in [2.05, 4.69) is 139 Å². The van der Waals surface area contributed by atoms with E-state index in [1.54, 1.807) is 40.1 Å². The van der Waals surface area contributed by atoms with Gasteiger partial charge in [-0.3, -0.25) is 0 Å². The highest BCUT2D eigenvalue weighted by Crippen LogP contribution is 2.41. The summed E-state index contributed by atoms with van der Waals surface area (Å²) in [4.78, 5) is 16.2. The Kier molecular flexibility index (Phi) is 7.06. The van der Waals surface area contributed by atoms with Crippen LogP contribution >= 0.6 is 34.0 Å². The lowest BCUT2D eigenvalue weighted by molar-refractivity contribution is 1.18. The van der Waals surface area contributed by atoms with Crippen LogP contribution in [0, 0.1) is 6.92 Å². The van der Waals surface area contributed by atoms with E-state index in [-0.39, 0.29) is 0 Å². The first kappa shape index (κ1) is 30.1. The molecule has 51 heavy (non-hydrogen) atoms. The molecule has 0 atom stereocenters. The second-order valence-electron chi connectivity index (χ2n) is 12.5. The van der Waals surface area contributed by atoms with Crippen molar-refractivity contribution in [1.82, 2.24) is 19.5 Å². The van der Waals surface area contributed by atoms with E-state index in [9.17, 15) is 0 Å². The molecule has 0 unspecified atom stereocenters. The standard InChI is InChI=1S/C44H28N4S3/c1-3-4-11-35-26(2)49-42(45-35)28-14-19-31(20-15-28)48-38-22-17-29(43-46-36-12-7-8-13-40(36)50-43)24-33(38)34-25-30(18-23-39(34)48)44-47-37-21-16-27-9-5-6-10-32(27)41(37)51-44/h3-25H,1H2,2H3/b11-4-. The summed E-state index contributed by atoms with van der Waals surface area (Å²) < 4.78 is 4.79. The van der Waals surface area contributed by atoms with Gasteiger partial charge in [0, 0.05) is 43.4 Å². The molecular weight excluding hydrogens is 681 g/mol. The zero-order valence-electron chi connectivity index (χ0n) is 27.5. The predicted octanol–water partition coefficient (Wildman–Crippen LogP) is 13.1. The molecule has 0 spiro atoms. The van der Waals surface area contributed by atoms with Crippen LogP contribution in [0.1, 0.15) is 10.6 Å². The molecule has 4 nitrogen and oxygen atoms in total. The normalized spacial score (nSPS) is 12.0. The third-order valence-electron chi connectivity index (χ3n) is 9.43. The zero-order valence-corrected chi connectivity index (χ0v) is 29.9. The van der Waals surface area contributed by atoms with Gasteiger partial charge in [-0.15, -0.1) is 34.0 Å². The van der Waals surface area contributed by atoms with E-state index in [1.165, 1.54) is 35.8 Å². The molecule has 0 aliphatic carbocycles. The quantitative estimate of drug-likeness (QED) is 0.162. The van der Waals surface area contributed by atoms with E-state index < -0.39 is 0 Å². The van der Waals surface area contributed by atoms with Crippen molar-refractivity contribution >= 4 is 93.1 Å². The average molecular weight is 709 g/mol. The molecule has 10 rings (SSSR count). The van der Waals surface area contributed by atoms with Crippen molar-refractivity contribution in [3.8, 4) is 37.4 Å². The SMILES string of the molecule is C=C/C=C\c1nc(-c2ccc(-n3c4ccc(-c5nc6ccccc6s5)cc4c4cc(-c5nc6ccc7ccccc7c6s5)ccc43)cc2)sc1C. The van der Waals surface area contributed by atoms with Gasteiger partial charge in [-0.25, -0.2) is 15.0 Å². The molecule has 0 aliphatic rings. The fraction of sp³-hybridized carbons (Fsp3) is 0.0227. The second kappa shape index (κ2) is 12.0. The molecular formula is C44H28N4S3. The largest absolute Gasteiger partial charge is 0.309 e. The molecule has 4 aromatic heterocycles. The molecule has 0 saturated carbocycles. The van der Waals surface area contributed by atoms with Crippen LogP contribution in [0.25, 0.3) is 96.5 Å². The van der Waals surface area contributed by atoms with E-state index in [1.807, 2.05) is 12.2 Å². The highest BCUT2D eigenvalue weighted by atomic mass is 32.1. The summed E-state index contributed by atoms with van der Waals surface area (Å²) in [5, 5.41) is 7.93. The molecule has 0 amide bonds. The van der Waals surface area contributed by atoms with Gasteiger partial charge in [-0.05, 0) is 97.2 Å². The van der Waals surface area contributed by atoms with Crippen molar-refractivity contribution in [3.63, 3.8) is 0 Å². The monoisotopic (exact) mass is 708 g/mol. The smallest absolute Gasteiger partial charge is 0.124 e. The minimum absolute atomic E-state index is 0.988. The summed E-state index contributed by atoms with van der Waals surface area (Å²) >= 11 is 5.22. The number of para-hydroxylation sites is 1. The molecule has 0 saturated heterocycles. The van der Waals surface area contributed by atoms with Gasteiger partial charge in [0.15, 0.2) is 0 Å². The molecule has 6 aromatic carbocycles. The highest BCUT2D eigenvalue weighted by Gasteiger charge is 2.18. The summed E-state index contributed by atoms with van der Waals surface area (Å²) in [7, 11) is 0. The van der Waals surface area contributed by atoms with E-state index >= 15 is 0 Å². The molecule has 0 N–H and O–H groups in total. The van der Waals surface area contributed by atoms with Crippen LogP contribution < -0.4 is 0 Å². The third kappa shape index (κ3) is 5.04. The molecule has 0 aliphatic heterocycles. The van der Waals surface area contributed by atoms with Gasteiger partial charge >= 0.3 is 0 Å². The van der Waals surface area contributed by atoms with E-state index in [4.69, 9.17) is 15.0 Å². The van der Waals surface area contributed by atoms with Crippen molar-refractivity contribution in [3.05, 3.63) is 151 Å². The van der Waals surface area contributed by atoms with Crippen LogP contribution in [0.2, 0.25) is 0 Å². The molecule has 10 aromatic rings. The minimum atomic E-state index is 0.988. The van der Waals surface area contributed by atoms with Crippen molar-refractivity contribution < 1.29 is 0 Å². The van der Waals surface area contributed by atoms with Crippen molar-refractivity contribution in [2.24, 2.45) is 0 Å². The van der Waals surface area contributed by atoms with Crippen molar-refractivity contribution in [2.45, 2.75) is 6.92 Å². The van der Waals surface area contributed by atoms with Crippen LogP contribution in [-0.4, -0.2) is 19.5 Å². The van der Waals surface area contributed by atoms with Gasteiger partial charge in [0.2, 0.25) is 0 Å². The van der Waals surface area contributed by atoms with Crippen LogP contribution in [0.5, 0.6) is 0 Å². The number of benzene rings is 6. The molecule has 0 fully saturated rings. The Morgan fingerprint density at radius 2 is 1.25 bits per heavy atom. The van der Waals surface area contributed by atoms with Crippen LogP contribution in [-0.2, 0) is 0 Å². The predicted molar refractivity (Wildman–Crippen MR) is 221 cm³/mol. The number of aryl methyl sites for hydroxylation is 1. The number of thiazole rings is 3. The van der Waals surface area contributed by atoms with E-state index in [0.29, 0.717) is 0 Å². The van der Waals surface area contributed by atoms with Crippen molar-refractivity contribution in [2.75, 3.05) is 0 Å². The summed E-state index contributed by atoms with van der Waals surface area (Å²) in [5.74, 6) is 0. The Labute approximate surface area is 306 Å². The maximum absolute atomic E-state index is 5.13. The van der Waals surface area contributed by atoms with Crippen molar-refractivity contribution in [1.29, 1.82) is 0 Å². The topological polar surface area (TPSA) is 43.6 Å². The Bertz CT molecular complexity index is 2980. The number of nitrogens with zero attached hydrogens (tertiary/aromatic N) is 4. The number of hydrogen-bond acceptors (Lipinski definition) is 6. The summed E-state index contributed by atoms with van der Waals surface area (Å²) in [6.45, 7) is 5.91. The molecule has 0 bridgehead atoms. The maximum atomic E-state index is 5.13. The highest BCUT2D eigenvalue weighted by molar-refractivity contribution is 7.22. The Morgan fingerprint density at radius 3 is 2.02 bits per heavy atom. The molecule has 7 heteroatoms. The third-order valence-corrected chi connectivity index (χ3v) is 12.7. The summed E-state index contributed by atoms with van der Waals surface area (Å²) in [6, 6.07) is 43.6. The first-order chi connectivity index (χ1) is 25.1. The Balaban J connectivity index is 1.14. The minimum Gasteiger partial charge on any atom is -0.309 e. The number of aromatic nitrogens is 4. The Hall–Kier alpha value is -5.73. The first-order valence-corrected chi connectivity index (χ1v) is 19.2. The number of fused-ring (bicyclic) bond motifs is 7. The van der Waals surface area contributed by atoms with Crippen LogP contribution in [0.15, 0.2) is 140 Å². The fourth-order valence-corrected chi connectivity index (χ4v) is 9.91. The number of allylic oxidation sites excluding steroid dienone is 2.